The summed E-state index contributed by atoms with van der Waals surface area (Å²) in [6, 6.07) is 2.09. The van der Waals surface area contributed by atoms with Gasteiger partial charge in [0, 0.05) is 29.5 Å². The van der Waals surface area contributed by atoms with Crippen molar-refractivity contribution < 1.29 is 4.79 Å². The van der Waals surface area contributed by atoms with Crippen LogP contribution < -0.4 is 5.32 Å². The molecule has 0 saturated carbocycles. The highest BCUT2D eigenvalue weighted by Crippen LogP contribution is 2.14. The molecule has 0 aromatic carbocycles. The Labute approximate surface area is 122 Å². The van der Waals surface area contributed by atoms with Crippen molar-refractivity contribution in [3.05, 3.63) is 33.5 Å². The summed E-state index contributed by atoms with van der Waals surface area (Å²) >= 11 is 1.61. The Balaban J connectivity index is 1.75. The molecule has 6 heteroatoms. The second-order valence-electron chi connectivity index (χ2n) is 5.08. The smallest absolute Gasteiger partial charge is 0.220 e. The average Bonchev–Trinajstić information content (AvgIpc) is 2.96. The molecule has 2 N–H and O–H groups in total. The zero-order valence-electron chi connectivity index (χ0n) is 12.1. The Morgan fingerprint density at radius 2 is 2.30 bits per heavy atom. The van der Waals surface area contributed by atoms with Gasteiger partial charge in [-0.05, 0) is 33.3 Å². The van der Waals surface area contributed by atoms with Gasteiger partial charge in [0.25, 0.3) is 0 Å². The molecule has 20 heavy (non-hydrogen) atoms. The predicted molar refractivity (Wildman–Crippen MR) is 79.8 cm³/mol. The highest BCUT2D eigenvalue weighted by molar-refractivity contribution is 7.09. The van der Waals surface area contributed by atoms with E-state index >= 15 is 0 Å². The van der Waals surface area contributed by atoms with E-state index in [2.05, 4.69) is 20.5 Å². The van der Waals surface area contributed by atoms with E-state index in [1.54, 1.807) is 11.3 Å². The van der Waals surface area contributed by atoms with Crippen molar-refractivity contribution in [1.29, 1.82) is 0 Å². The van der Waals surface area contributed by atoms with Crippen molar-refractivity contribution in [3.63, 3.8) is 0 Å². The minimum Gasteiger partial charge on any atom is -0.353 e. The fourth-order valence-electron chi connectivity index (χ4n) is 2.08. The number of rotatable bonds is 6. The molecule has 2 aromatic rings. The number of H-pyrrole nitrogens is 1. The Hall–Kier alpha value is -1.69. The number of aromatic amines is 1. The molecule has 108 valence electrons. The third-order valence-corrected chi connectivity index (χ3v) is 4.10. The fourth-order valence-corrected chi connectivity index (χ4v) is 2.87. The molecule has 1 atom stereocenters. The van der Waals surface area contributed by atoms with Crippen molar-refractivity contribution in [3.8, 4) is 0 Å². The summed E-state index contributed by atoms with van der Waals surface area (Å²) in [6.07, 6.45) is 2.01. The Kier molecular flexibility index (Phi) is 4.89. The molecular weight excluding hydrogens is 272 g/mol. The molecule has 1 amide bonds. The second-order valence-corrected chi connectivity index (χ2v) is 6.02. The van der Waals surface area contributed by atoms with Crippen LogP contribution in [-0.2, 0) is 17.6 Å². The van der Waals surface area contributed by atoms with E-state index in [1.807, 2.05) is 32.3 Å². The monoisotopic (exact) mass is 292 g/mol. The molecule has 2 rings (SSSR count). The molecule has 5 nitrogen and oxygen atoms in total. The number of aryl methyl sites for hydroxylation is 3. The lowest BCUT2D eigenvalue weighted by molar-refractivity contribution is -0.121. The summed E-state index contributed by atoms with van der Waals surface area (Å²) in [6.45, 7) is 5.95. The Morgan fingerprint density at radius 1 is 1.50 bits per heavy atom. The number of nitrogens with one attached hydrogen (secondary N) is 2. The van der Waals surface area contributed by atoms with Crippen molar-refractivity contribution in [2.45, 2.75) is 46.1 Å². The van der Waals surface area contributed by atoms with Crippen LogP contribution in [0.1, 0.15) is 35.3 Å². The largest absolute Gasteiger partial charge is 0.353 e. The molecule has 0 fully saturated rings. The number of aromatic nitrogens is 3. The molecule has 0 spiro atoms. The van der Waals surface area contributed by atoms with Crippen LogP contribution in [0.4, 0.5) is 0 Å². The summed E-state index contributed by atoms with van der Waals surface area (Å²) in [4.78, 5) is 17.3. The standard InChI is InChI=1S/C14H20N4OS/c1-9(6-12-7-10(2)17-18-12)16-14(19)5-4-13-11(3)15-8-20-13/h7-9H,4-6H2,1-3H3,(H,16,19)(H,17,18)/t9-/m0/s1. The number of amides is 1. The fraction of sp³-hybridized carbons (Fsp3) is 0.500. The summed E-state index contributed by atoms with van der Waals surface area (Å²) in [5.74, 6) is 0.0811. The first kappa shape index (κ1) is 14.7. The average molecular weight is 292 g/mol. The molecule has 0 bridgehead atoms. The number of nitrogens with zero attached hydrogens (tertiary/aromatic N) is 2. The lowest BCUT2D eigenvalue weighted by Gasteiger charge is -2.12. The van der Waals surface area contributed by atoms with Gasteiger partial charge in [0.1, 0.15) is 0 Å². The van der Waals surface area contributed by atoms with Crippen molar-refractivity contribution in [1.82, 2.24) is 20.5 Å². The van der Waals surface area contributed by atoms with Crippen LogP contribution in [0.2, 0.25) is 0 Å². The van der Waals surface area contributed by atoms with Crippen molar-refractivity contribution in [2.75, 3.05) is 0 Å². The van der Waals surface area contributed by atoms with Gasteiger partial charge in [-0.15, -0.1) is 11.3 Å². The van der Waals surface area contributed by atoms with E-state index in [0.29, 0.717) is 6.42 Å². The normalized spacial score (nSPS) is 12.3. The lowest BCUT2D eigenvalue weighted by atomic mass is 10.1. The van der Waals surface area contributed by atoms with E-state index in [9.17, 15) is 4.79 Å². The van der Waals surface area contributed by atoms with E-state index < -0.39 is 0 Å². The molecule has 0 unspecified atom stereocenters. The summed E-state index contributed by atoms with van der Waals surface area (Å²) in [5.41, 5.74) is 4.88. The topological polar surface area (TPSA) is 70.7 Å². The highest BCUT2D eigenvalue weighted by Gasteiger charge is 2.11. The molecule has 2 aromatic heterocycles. The molecule has 0 radical (unpaired) electrons. The van der Waals surface area contributed by atoms with Gasteiger partial charge in [0.05, 0.1) is 16.9 Å². The van der Waals surface area contributed by atoms with E-state index in [-0.39, 0.29) is 11.9 Å². The molecule has 0 saturated heterocycles. The van der Waals surface area contributed by atoms with Crippen LogP contribution >= 0.6 is 11.3 Å². The van der Waals surface area contributed by atoms with Gasteiger partial charge in [-0.2, -0.15) is 5.10 Å². The minimum absolute atomic E-state index is 0.0811. The quantitative estimate of drug-likeness (QED) is 0.857. The predicted octanol–water partition coefficient (Wildman–Crippen LogP) is 2.16. The van der Waals surface area contributed by atoms with Crippen LogP contribution in [0.3, 0.4) is 0 Å². The van der Waals surface area contributed by atoms with Gasteiger partial charge < -0.3 is 5.32 Å². The Bertz CT molecular complexity index is 575. The minimum atomic E-state index is 0.0811. The van der Waals surface area contributed by atoms with Crippen molar-refractivity contribution >= 4 is 17.2 Å². The first-order valence-electron chi connectivity index (χ1n) is 6.74. The number of thiazole rings is 1. The van der Waals surface area contributed by atoms with E-state index in [4.69, 9.17) is 0 Å². The van der Waals surface area contributed by atoms with E-state index in [0.717, 1.165) is 29.9 Å². The number of hydrogen-bond acceptors (Lipinski definition) is 4. The first-order valence-corrected chi connectivity index (χ1v) is 7.61. The molecule has 0 aliphatic rings. The maximum atomic E-state index is 11.9. The van der Waals surface area contributed by atoms with Crippen molar-refractivity contribution in [2.24, 2.45) is 0 Å². The van der Waals surface area contributed by atoms with Gasteiger partial charge in [-0.25, -0.2) is 4.98 Å². The van der Waals surface area contributed by atoms with Crippen LogP contribution in [0.25, 0.3) is 0 Å². The molecular formula is C14H20N4OS. The van der Waals surface area contributed by atoms with Crippen LogP contribution in [0.5, 0.6) is 0 Å². The van der Waals surface area contributed by atoms with Gasteiger partial charge in [-0.1, -0.05) is 0 Å². The van der Waals surface area contributed by atoms with Crippen LogP contribution in [0, 0.1) is 13.8 Å². The molecule has 0 aliphatic heterocycles. The van der Waals surface area contributed by atoms with E-state index in [1.165, 1.54) is 4.88 Å². The Morgan fingerprint density at radius 3 is 2.90 bits per heavy atom. The zero-order valence-corrected chi connectivity index (χ0v) is 12.9. The summed E-state index contributed by atoms with van der Waals surface area (Å²) in [7, 11) is 0. The summed E-state index contributed by atoms with van der Waals surface area (Å²) < 4.78 is 0. The van der Waals surface area contributed by atoms with Gasteiger partial charge in [0.2, 0.25) is 5.91 Å². The van der Waals surface area contributed by atoms with Gasteiger partial charge >= 0.3 is 0 Å². The number of hydrogen-bond donors (Lipinski definition) is 2. The SMILES string of the molecule is Cc1cc(C[C@H](C)NC(=O)CCc2scnc2C)n[nH]1. The maximum absolute atomic E-state index is 11.9. The lowest BCUT2D eigenvalue weighted by Crippen LogP contribution is -2.34. The number of carbonyl (C=O) groups is 1. The first-order chi connectivity index (χ1) is 9.54. The molecule has 0 aliphatic carbocycles. The second kappa shape index (κ2) is 6.65. The van der Waals surface area contributed by atoms with Gasteiger partial charge in [-0.3, -0.25) is 9.89 Å². The number of carbonyl (C=O) groups excluding carboxylic acids is 1. The zero-order chi connectivity index (χ0) is 14.5. The van der Waals surface area contributed by atoms with Crippen LogP contribution in [-0.4, -0.2) is 27.1 Å². The van der Waals surface area contributed by atoms with Crippen LogP contribution in [0.15, 0.2) is 11.6 Å². The maximum Gasteiger partial charge on any atom is 0.220 e. The third-order valence-electron chi connectivity index (χ3n) is 3.11. The summed E-state index contributed by atoms with van der Waals surface area (Å²) in [5, 5.41) is 10.1. The van der Waals surface area contributed by atoms with Gasteiger partial charge in [0.15, 0.2) is 0 Å². The highest BCUT2D eigenvalue weighted by atomic mass is 32.1. The molecule has 2 heterocycles. The third kappa shape index (κ3) is 4.16.